The van der Waals surface area contributed by atoms with Gasteiger partial charge in [-0.15, -0.1) is 0 Å². The number of rotatable bonds is 3. The van der Waals surface area contributed by atoms with Crippen LogP contribution in [0.15, 0.2) is 43.9 Å². The molecule has 1 aromatic heterocycles. The average molecular weight is 399 g/mol. The van der Waals surface area contributed by atoms with Gasteiger partial charge in [-0.25, -0.2) is 0 Å². The second kappa shape index (κ2) is 5.58. The van der Waals surface area contributed by atoms with Gasteiger partial charge in [-0.05, 0) is 62.2 Å². The number of hydrogen-bond donors (Lipinski definition) is 1. The molecule has 2 aromatic rings. The third-order valence-electron chi connectivity index (χ3n) is 2.38. The topological polar surface area (TPSA) is 25.2 Å². The first-order valence-corrected chi connectivity index (χ1v) is 6.79. The quantitative estimate of drug-likeness (QED) is 0.745. The molecule has 19 heavy (non-hydrogen) atoms. The summed E-state index contributed by atoms with van der Waals surface area (Å²) >= 11 is 6.49. The van der Waals surface area contributed by atoms with Crippen molar-refractivity contribution in [1.82, 2.24) is 0 Å². The van der Waals surface area contributed by atoms with Gasteiger partial charge in [-0.1, -0.05) is 0 Å². The summed E-state index contributed by atoms with van der Waals surface area (Å²) < 4.78 is 43.8. The van der Waals surface area contributed by atoms with Crippen molar-refractivity contribution in [1.29, 1.82) is 0 Å². The number of benzene rings is 1. The normalized spacial score (nSPS) is 11.6. The standard InChI is InChI=1S/C12H8Br2F3NO/c13-10-5-9(19-11(10)14)6-18-8-3-1-7(2-4-8)12(15,16)17/h1-5,18H,6H2. The van der Waals surface area contributed by atoms with Gasteiger partial charge < -0.3 is 9.73 Å². The van der Waals surface area contributed by atoms with E-state index in [1.165, 1.54) is 12.1 Å². The molecule has 0 unspecified atom stereocenters. The number of hydrogen-bond acceptors (Lipinski definition) is 2. The van der Waals surface area contributed by atoms with Crippen LogP contribution in [0.5, 0.6) is 0 Å². The zero-order valence-electron chi connectivity index (χ0n) is 9.39. The number of alkyl halides is 3. The van der Waals surface area contributed by atoms with Crippen molar-refractivity contribution in [2.45, 2.75) is 12.7 Å². The molecule has 1 N–H and O–H groups in total. The van der Waals surface area contributed by atoms with E-state index in [1.807, 2.05) is 0 Å². The van der Waals surface area contributed by atoms with E-state index in [-0.39, 0.29) is 0 Å². The summed E-state index contributed by atoms with van der Waals surface area (Å²) in [7, 11) is 0. The fourth-order valence-corrected chi connectivity index (χ4v) is 2.10. The van der Waals surface area contributed by atoms with Crippen LogP contribution in [0.1, 0.15) is 11.3 Å². The lowest BCUT2D eigenvalue weighted by atomic mass is 10.2. The summed E-state index contributed by atoms with van der Waals surface area (Å²) in [5.41, 5.74) is -0.0711. The molecule has 0 spiro atoms. The van der Waals surface area contributed by atoms with Crippen LogP contribution in [0, 0.1) is 0 Å². The van der Waals surface area contributed by atoms with E-state index in [0.29, 0.717) is 22.7 Å². The molecule has 0 aliphatic carbocycles. The van der Waals surface area contributed by atoms with Crippen molar-refractivity contribution in [2.24, 2.45) is 0 Å². The van der Waals surface area contributed by atoms with E-state index >= 15 is 0 Å². The third-order valence-corrected chi connectivity index (χ3v) is 4.09. The average Bonchev–Trinajstić information content (AvgIpc) is 2.66. The molecule has 0 fully saturated rings. The summed E-state index contributed by atoms with van der Waals surface area (Å²) in [6, 6.07) is 6.62. The molecule has 0 saturated carbocycles. The molecule has 2 nitrogen and oxygen atoms in total. The zero-order valence-corrected chi connectivity index (χ0v) is 12.6. The fraction of sp³-hybridized carbons (Fsp3) is 0.167. The lowest BCUT2D eigenvalue weighted by Gasteiger charge is -2.08. The van der Waals surface area contributed by atoms with E-state index in [2.05, 4.69) is 37.2 Å². The number of furan rings is 1. The van der Waals surface area contributed by atoms with Crippen molar-refractivity contribution in [2.75, 3.05) is 5.32 Å². The van der Waals surface area contributed by atoms with Crippen molar-refractivity contribution in [3.8, 4) is 0 Å². The van der Waals surface area contributed by atoms with E-state index < -0.39 is 11.7 Å². The zero-order chi connectivity index (χ0) is 14.0. The van der Waals surface area contributed by atoms with Crippen LogP contribution in [0.4, 0.5) is 18.9 Å². The molecular weight excluding hydrogens is 391 g/mol. The molecule has 0 aliphatic rings. The first-order valence-electron chi connectivity index (χ1n) is 5.21. The summed E-state index contributed by atoms with van der Waals surface area (Å²) in [5, 5.41) is 2.98. The second-order valence-corrected chi connectivity index (χ2v) is 5.34. The minimum atomic E-state index is -4.31. The molecule has 102 valence electrons. The highest BCUT2D eigenvalue weighted by molar-refractivity contribution is 9.13. The van der Waals surface area contributed by atoms with Crippen molar-refractivity contribution in [3.05, 3.63) is 50.8 Å². The molecule has 2 rings (SSSR count). The van der Waals surface area contributed by atoms with Gasteiger partial charge in [0.1, 0.15) is 5.76 Å². The van der Waals surface area contributed by atoms with Gasteiger partial charge in [-0.3, -0.25) is 0 Å². The van der Waals surface area contributed by atoms with Crippen molar-refractivity contribution >= 4 is 37.5 Å². The van der Waals surface area contributed by atoms with Gasteiger partial charge in [-0.2, -0.15) is 13.2 Å². The van der Waals surface area contributed by atoms with Crippen LogP contribution < -0.4 is 5.32 Å². The second-order valence-electron chi connectivity index (χ2n) is 3.76. The summed E-state index contributed by atoms with van der Waals surface area (Å²) in [6.45, 7) is 0.384. The number of nitrogens with one attached hydrogen (secondary N) is 1. The lowest BCUT2D eigenvalue weighted by Crippen LogP contribution is -2.05. The predicted octanol–water partition coefficient (Wildman–Crippen LogP) is 5.44. The van der Waals surface area contributed by atoms with E-state index in [4.69, 9.17) is 4.42 Å². The van der Waals surface area contributed by atoms with Crippen LogP contribution in [0.3, 0.4) is 0 Å². The van der Waals surface area contributed by atoms with Crippen LogP contribution >= 0.6 is 31.9 Å². The molecule has 0 bridgehead atoms. The molecule has 0 saturated heterocycles. The molecule has 0 atom stereocenters. The first kappa shape index (κ1) is 14.5. The third kappa shape index (κ3) is 3.76. The van der Waals surface area contributed by atoms with Crippen LogP contribution in [-0.4, -0.2) is 0 Å². The van der Waals surface area contributed by atoms with E-state index in [0.717, 1.165) is 16.6 Å². The van der Waals surface area contributed by atoms with Crippen LogP contribution in [0.25, 0.3) is 0 Å². The highest BCUT2D eigenvalue weighted by Gasteiger charge is 2.29. The Morgan fingerprint density at radius 1 is 1.11 bits per heavy atom. The molecule has 7 heteroatoms. The predicted molar refractivity (Wildman–Crippen MR) is 72.9 cm³/mol. The molecule has 1 heterocycles. The van der Waals surface area contributed by atoms with Crippen molar-refractivity contribution in [3.63, 3.8) is 0 Å². The lowest BCUT2D eigenvalue weighted by molar-refractivity contribution is -0.137. The maximum atomic E-state index is 12.4. The minimum absolute atomic E-state index is 0.384. The minimum Gasteiger partial charge on any atom is -0.451 e. The largest absolute Gasteiger partial charge is 0.451 e. The van der Waals surface area contributed by atoms with Gasteiger partial charge in [0.05, 0.1) is 16.6 Å². The Kier molecular flexibility index (Phi) is 4.25. The Morgan fingerprint density at radius 3 is 2.21 bits per heavy atom. The fourth-order valence-electron chi connectivity index (χ4n) is 1.44. The van der Waals surface area contributed by atoms with Gasteiger partial charge in [0, 0.05) is 5.69 Å². The Bertz CT molecular complexity index is 544. The first-order chi connectivity index (χ1) is 8.86. The van der Waals surface area contributed by atoms with Crippen LogP contribution in [0.2, 0.25) is 0 Å². The summed E-state index contributed by atoms with van der Waals surface area (Å²) in [4.78, 5) is 0. The highest BCUT2D eigenvalue weighted by Crippen LogP contribution is 2.30. The SMILES string of the molecule is FC(F)(F)c1ccc(NCc2cc(Br)c(Br)o2)cc1. The molecule has 0 radical (unpaired) electrons. The summed E-state index contributed by atoms with van der Waals surface area (Å²) in [5.74, 6) is 0.665. The van der Waals surface area contributed by atoms with Gasteiger partial charge in [0.25, 0.3) is 0 Å². The molecule has 0 aliphatic heterocycles. The Hall–Kier alpha value is -0.950. The van der Waals surface area contributed by atoms with E-state index in [9.17, 15) is 13.2 Å². The van der Waals surface area contributed by atoms with Gasteiger partial charge in [0.15, 0.2) is 4.67 Å². The van der Waals surface area contributed by atoms with Crippen LogP contribution in [-0.2, 0) is 12.7 Å². The summed E-state index contributed by atoms with van der Waals surface area (Å²) in [6.07, 6.45) is -4.31. The monoisotopic (exact) mass is 397 g/mol. The molecule has 0 amide bonds. The number of halogens is 5. The maximum absolute atomic E-state index is 12.4. The van der Waals surface area contributed by atoms with Crippen molar-refractivity contribution < 1.29 is 17.6 Å². The molecule has 1 aromatic carbocycles. The van der Waals surface area contributed by atoms with Gasteiger partial charge in [0.2, 0.25) is 0 Å². The smallest absolute Gasteiger partial charge is 0.416 e. The Morgan fingerprint density at radius 2 is 1.74 bits per heavy atom. The van der Waals surface area contributed by atoms with E-state index in [1.54, 1.807) is 6.07 Å². The Balaban J connectivity index is 2.00. The highest BCUT2D eigenvalue weighted by atomic mass is 79.9. The Labute approximate surface area is 124 Å². The molecular formula is C12H8Br2F3NO. The maximum Gasteiger partial charge on any atom is 0.416 e. The van der Waals surface area contributed by atoms with Gasteiger partial charge >= 0.3 is 6.18 Å². The number of anilines is 1.